The smallest absolute Gasteiger partial charge is 0.224 e. The van der Waals surface area contributed by atoms with Crippen LogP contribution in [0.2, 0.25) is 0 Å². The second kappa shape index (κ2) is 7.19. The van der Waals surface area contributed by atoms with Gasteiger partial charge in [-0.3, -0.25) is 4.57 Å². The van der Waals surface area contributed by atoms with Crippen molar-refractivity contribution in [3.8, 4) is 12.3 Å². The number of terminal acetylenes is 1. The number of alkyl halides is 1. The number of nitrogens with one attached hydrogen (secondary N) is 1. The van der Waals surface area contributed by atoms with Gasteiger partial charge in [0.25, 0.3) is 0 Å². The lowest BCUT2D eigenvalue weighted by Gasteiger charge is -2.24. The number of nitrogen functional groups attached to an aromatic ring is 1. The zero-order valence-electron chi connectivity index (χ0n) is 12.3. The number of rotatable bonds is 7. The normalized spacial score (nSPS) is 15.1. The summed E-state index contributed by atoms with van der Waals surface area (Å²) in [6.45, 7) is -1.54. The minimum atomic E-state index is -1.38. The summed E-state index contributed by atoms with van der Waals surface area (Å²) >= 11 is 0. The van der Waals surface area contributed by atoms with Crippen LogP contribution in [0, 0.1) is 12.3 Å². The number of hydrogen-bond acceptors (Lipinski definition) is 8. The van der Waals surface area contributed by atoms with Gasteiger partial charge in [-0.25, -0.2) is 9.37 Å². The molecule has 124 valence electrons. The second-order valence-electron chi connectivity index (χ2n) is 4.58. The summed E-state index contributed by atoms with van der Waals surface area (Å²) in [6.07, 6.45) is 2.66. The minimum Gasteiger partial charge on any atom is -0.394 e. The summed E-state index contributed by atoms with van der Waals surface area (Å²) in [6, 6.07) is 0. The molecular weight excluding hydrogens is 307 g/mol. The van der Waals surface area contributed by atoms with Gasteiger partial charge in [0.2, 0.25) is 5.95 Å². The second-order valence-corrected chi connectivity index (χ2v) is 4.58. The van der Waals surface area contributed by atoms with Crippen LogP contribution in [0.25, 0.3) is 11.2 Å². The minimum absolute atomic E-state index is 0.0245. The maximum Gasteiger partial charge on any atom is 0.224 e. The maximum absolute atomic E-state index is 13.4. The molecule has 0 spiro atoms. The van der Waals surface area contributed by atoms with Gasteiger partial charge in [-0.1, -0.05) is 5.92 Å². The number of fused-ring (bicyclic) bond motifs is 1. The predicted octanol–water partition coefficient (Wildman–Crippen LogP) is -0.710. The maximum atomic E-state index is 13.4. The van der Waals surface area contributed by atoms with Gasteiger partial charge in [0, 0.05) is 7.05 Å². The van der Waals surface area contributed by atoms with Gasteiger partial charge in [0.1, 0.15) is 18.9 Å². The van der Waals surface area contributed by atoms with E-state index in [1.165, 1.54) is 10.9 Å². The molecule has 2 aromatic rings. The molecule has 10 heteroatoms. The van der Waals surface area contributed by atoms with Crippen LogP contribution in [0.5, 0.6) is 0 Å². The Bertz CT molecular complexity index is 716. The third kappa shape index (κ3) is 3.31. The average Bonchev–Trinajstić information content (AvgIpc) is 2.98. The van der Waals surface area contributed by atoms with Gasteiger partial charge in [0.05, 0.1) is 12.9 Å². The summed E-state index contributed by atoms with van der Waals surface area (Å²) in [5, 5.41) is 21.6. The molecule has 5 N–H and O–H groups in total. The molecule has 0 radical (unpaired) electrons. The number of imidazole rings is 1. The van der Waals surface area contributed by atoms with Gasteiger partial charge >= 0.3 is 0 Å². The van der Waals surface area contributed by atoms with E-state index in [-0.39, 0.29) is 11.6 Å². The number of halogens is 1. The number of nitrogens with two attached hydrogens (primary N) is 1. The Morgan fingerprint density at radius 2 is 2.30 bits per heavy atom. The van der Waals surface area contributed by atoms with Crippen molar-refractivity contribution in [3.63, 3.8) is 0 Å². The van der Waals surface area contributed by atoms with E-state index in [1.54, 1.807) is 7.05 Å². The fourth-order valence-electron chi connectivity index (χ4n) is 2.02. The molecule has 0 aliphatic carbocycles. The molecule has 3 atom stereocenters. The zero-order valence-corrected chi connectivity index (χ0v) is 12.3. The lowest BCUT2D eigenvalue weighted by Crippen LogP contribution is -2.34. The Kier molecular flexibility index (Phi) is 5.28. The van der Waals surface area contributed by atoms with Gasteiger partial charge < -0.3 is 26.0 Å². The first-order valence-electron chi connectivity index (χ1n) is 6.70. The quantitative estimate of drug-likeness (QED) is 0.491. The molecule has 9 nitrogen and oxygen atoms in total. The fraction of sp³-hybridized carbons (Fsp3) is 0.462. The molecule has 2 aromatic heterocycles. The number of nitrogens with zero attached hydrogens (tertiary/aromatic N) is 4. The van der Waals surface area contributed by atoms with Crippen LogP contribution in [0.1, 0.15) is 6.23 Å². The van der Waals surface area contributed by atoms with Crippen molar-refractivity contribution in [2.45, 2.75) is 18.4 Å². The first-order valence-corrected chi connectivity index (χ1v) is 6.70. The largest absolute Gasteiger partial charge is 0.394 e. The lowest BCUT2D eigenvalue weighted by molar-refractivity contribution is -0.115. The molecule has 0 aliphatic heterocycles. The monoisotopic (exact) mass is 324 g/mol. The highest BCUT2D eigenvalue weighted by Gasteiger charge is 2.25. The molecule has 2 rings (SSSR count). The van der Waals surface area contributed by atoms with Crippen LogP contribution in [-0.4, -0.2) is 62.3 Å². The topological polar surface area (TPSA) is 131 Å². The van der Waals surface area contributed by atoms with Crippen molar-refractivity contribution in [1.82, 2.24) is 19.5 Å². The number of hydrogen-bond donors (Lipinski definition) is 4. The number of aliphatic hydroxyl groups excluding tert-OH is 2. The van der Waals surface area contributed by atoms with E-state index in [0.29, 0.717) is 11.3 Å². The van der Waals surface area contributed by atoms with Crippen LogP contribution in [0.3, 0.4) is 0 Å². The molecule has 0 aliphatic rings. The highest BCUT2D eigenvalue weighted by atomic mass is 19.1. The molecule has 0 aromatic carbocycles. The molecule has 0 fully saturated rings. The number of aliphatic hydroxyl groups is 2. The fourth-order valence-corrected chi connectivity index (χ4v) is 2.02. The van der Waals surface area contributed by atoms with Crippen molar-refractivity contribution < 1.29 is 19.3 Å². The average molecular weight is 324 g/mol. The molecule has 0 saturated carbocycles. The number of aromatic nitrogens is 4. The summed E-state index contributed by atoms with van der Waals surface area (Å²) in [5.41, 5.74) is 6.25. The van der Waals surface area contributed by atoms with E-state index >= 15 is 0 Å². The van der Waals surface area contributed by atoms with Crippen LogP contribution < -0.4 is 11.1 Å². The van der Waals surface area contributed by atoms with Crippen LogP contribution in [0.15, 0.2) is 6.33 Å². The van der Waals surface area contributed by atoms with E-state index in [1.807, 2.05) is 5.92 Å². The Morgan fingerprint density at radius 1 is 1.57 bits per heavy atom. The molecule has 2 heterocycles. The Balaban J connectivity index is 2.40. The van der Waals surface area contributed by atoms with E-state index < -0.39 is 31.7 Å². The van der Waals surface area contributed by atoms with E-state index in [2.05, 4.69) is 20.3 Å². The summed E-state index contributed by atoms with van der Waals surface area (Å²) in [7, 11) is 1.63. The standard InChI is InChI=1S/C13H17FN6O3/c1-3-7(22)8(5-21)23-9(4-14)20-6-17-10-11(16-2)18-13(15)19-12(10)20/h1,6-9,21-22H,4-5H2,2H3,(H3,15,16,18,19)/t7-,8+,9+/m0/s1. The number of ether oxygens (including phenoxy) is 1. The molecule has 0 bridgehead atoms. The van der Waals surface area contributed by atoms with Gasteiger partial charge in [-0.2, -0.15) is 9.97 Å². The van der Waals surface area contributed by atoms with Crippen molar-refractivity contribution in [2.75, 3.05) is 31.4 Å². The summed E-state index contributed by atoms with van der Waals surface area (Å²) < 4.78 is 20.1. The van der Waals surface area contributed by atoms with E-state index in [0.717, 1.165) is 0 Å². The molecule has 23 heavy (non-hydrogen) atoms. The van der Waals surface area contributed by atoms with Crippen molar-refractivity contribution in [3.05, 3.63) is 6.33 Å². The van der Waals surface area contributed by atoms with Gasteiger partial charge in [-0.15, -0.1) is 6.42 Å². The first-order chi connectivity index (χ1) is 11.0. The summed E-state index contributed by atoms with van der Waals surface area (Å²) in [5.74, 6) is 2.38. The van der Waals surface area contributed by atoms with Crippen molar-refractivity contribution in [2.24, 2.45) is 0 Å². The lowest BCUT2D eigenvalue weighted by atomic mass is 10.2. The first kappa shape index (κ1) is 16.9. The third-order valence-corrected chi connectivity index (χ3v) is 3.15. The molecule has 0 amide bonds. The Labute approximate surface area is 131 Å². The SMILES string of the molecule is C#C[C@H](O)[C@@H](CO)O[C@H](CF)n1cnc2c(NC)nc(N)nc21. The highest BCUT2D eigenvalue weighted by Crippen LogP contribution is 2.24. The zero-order chi connectivity index (χ0) is 17.0. The molecule has 0 saturated heterocycles. The van der Waals surface area contributed by atoms with Crippen LogP contribution in [-0.2, 0) is 4.74 Å². The Hall–Kier alpha value is -2.48. The van der Waals surface area contributed by atoms with Crippen molar-refractivity contribution in [1.29, 1.82) is 0 Å². The third-order valence-electron chi connectivity index (χ3n) is 3.15. The van der Waals surface area contributed by atoms with Crippen LogP contribution in [0.4, 0.5) is 16.2 Å². The Morgan fingerprint density at radius 3 is 2.87 bits per heavy atom. The van der Waals surface area contributed by atoms with E-state index in [4.69, 9.17) is 16.9 Å². The summed E-state index contributed by atoms with van der Waals surface area (Å²) in [4.78, 5) is 12.1. The predicted molar refractivity (Wildman–Crippen MR) is 81.1 cm³/mol. The van der Waals surface area contributed by atoms with Gasteiger partial charge in [0.15, 0.2) is 23.2 Å². The van der Waals surface area contributed by atoms with Gasteiger partial charge in [-0.05, 0) is 0 Å². The number of anilines is 2. The molecule has 0 unspecified atom stereocenters. The highest BCUT2D eigenvalue weighted by molar-refractivity contribution is 5.84. The molecular formula is C13H17FN6O3. The van der Waals surface area contributed by atoms with E-state index in [9.17, 15) is 14.6 Å². The van der Waals surface area contributed by atoms with Crippen molar-refractivity contribution >= 4 is 22.9 Å². The van der Waals surface area contributed by atoms with Crippen LogP contribution >= 0.6 is 0 Å².